The normalized spacial score (nSPS) is 22.5. The maximum absolute atomic E-state index is 9.04. The van der Waals surface area contributed by atoms with Crippen LogP contribution in [0.1, 0.15) is 27.7 Å². The van der Waals surface area contributed by atoms with Crippen LogP contribution in [-0.2, 0) is 0 Å². The molecule has 0 spiro atoms. The topological polar surface area (TPSA) is 20.2 Å². The zero-order chi connectivity index (χ0) is 8.65. The van der Waals surface area contributed by atoms with Gasteiger partial charge in [-0.25, -0.2) is 0 Å². The van der Waals surface area contributed by atoms with Crippen LogP contribution in [0.3, 0.4) is 0 Å². The van der Waals surface area contributed by atoms with Crippen molar-refractivity contribution in [3.8, 4) is 0 Å². The Morgan fingerprint density at radius 1 is 1.36 bits per heavy atom. The van der Waals surface area contributed by atoms with Crippen molar-refractivity contribution in [3.63, 3.8) is 0 Å². The largest absolute Gasteiger partial charge is 0.392 e. The highest BCUT2D eigenvalue weighted by Crippen LogP contribution is 2.41. The Bertz CT molecular complexity index is 231. The number of rotatable bonds is 1. The third kappa shape index (κ3) is 1.14. The second-order valence-electron chi connectivity index (χ2n) is 3.76. The first-order chi connectivity index (χ1) is 5.00. The van der Waals surface area contributed by atoms with E-state index in [2.05, 4.69) is 33.8 Å². The van der Waals surface area contributed by atoms with E-state index < -0.39 is 0 Å². The second-order valence-corrected chi connectivity index (χ2v) is 3.76. The molecule has 0 amide bonds. The summed E-state index contributed by atoms with van der Waals surface area (Å²) >= 11 is 0. The predicted molar refractivity (Wildman–Crippen MR) is 47.3 cm³/mol. The number of allylic oxidation sites excluding steroid dienone is 3. The van der Waals surface area contributed by atoms with Gasteiger partial charge in [0, 0.05) is 5.41 Å². The molecule has 0 fully saturated rings. The summed E-state index contributed by atoms with van der Waals surface area (Å²) < 4.78 is 0. The number of aliphatic hydroxyl groups is 1. The lowest BCUT2D eigenvalue weighted by molar-refractivity contribution is 0.303. The van der Waals surface area contributed by atoms with Crippen LogP contribution in [-0.4, -0.2) is 11.7 Å². The molecule has 0 atom stereocenters. The molecule has 0 heterocycles. The lowest BCUT2D eigenvalue weighted by Crippen LogP contribution is -2.15. The standard InChI is InChI=1S/C10H16O/c1-7-5-9(6-11)10(3,4)8(7)2/h5,11H,6H2,1-4H3. The molecule has 0 aromatic carbocycles. The zero-order valence-electron chi connectivity index (χ0n) is 7.73. The van der Waals surface area contributed by atoms with Gasteiger partial charge in [-0.2, -0.15) is 0 Å². The third-order valence-electron chi connectivity index (χ3n) is 2.89. The van der Waals surface area contributed by atoms with Gasteiger partial charge in [0.25, 0.3) is 0 Å². The summed E-state index contributed by atoms with van der Waals surface area (Å²) in [5.74, 6) is 0. The molecule has 0 aliphatic heterocycles. The van der Waals surface area contributed by atoms with Crippen molar-refractivity contribution in [2.45, 2.75) is 27.7 Å². The Labute approximate surface area is 68.4 Å². The summed E-state index contributed by atoms with van der Waals surface area (Å²) in [5, 5.41) is 9.04. The van der Waals surface area contributed by atoms with E-state index in [1.165, 1.54) is 11.1 Å². The van der Waals surface area contributed by atoms with Crippen LogP contribution >= 0.6 is 0 Å². The van der Waals surface area contributed by atoms with Crippen molar-refractivity contribution in [1.82, 2.24) is 0 Å². The zero-order valence-corrected chi connectivity index (χ0v) is 7.73. The quantitative estimate of drug-likeness (QED) is 0.611. The monoisotopic (exact) mass is 152 g/mol. The van der Waals surface area contributed by atoms with Crippen LogP contribution in [0.4, 0.5) is 0 Å². The summed E-state index contributed by atoms with van der Waals surface area (Å²) in [6.45, 7) is 8.72. The fourth-order valence-corrected chi connectivity index (χ4v) is 1.53. The van der Waals surface area contributed by atoms with Crippen LogP contribution in [0.25, 0.3) is 0 Å². The Morgan fingerprint density at radius 2 is 1.91 bits per heavy atom. The summed E-state index contributed by atoms with van der Waals surface area (Å²) in [4.78, 5) is 0. The van der Waals surface area contributed by atoms with Crippen LogP contribution < -0.4 is 0 Å². The molecule has 0 bridgehead atoms. The summed E-state index contributed by atoms with van der Waals surface area (Å²) in [7, 11) is 0. The SMILES string of the molecule is CC1=C(C)C(C)(C)C(CO)=C1. The van der Waals surface area contributed by atoms with Gasteiger partial charge in [0.05, 0.1) is 6.61 Å². The third-order valence-corrected chi connectivity index (χ3v) is 2.89. The smallest absolute Gasteiger partial charge is 0.0653 e. The van der Waals surface area contributed by atoms with Crippen molar-refractivity contribution in [2.75, 3.05) is 6.61 Å². The second kappa shape index (κ2) is 2.49. The molecule has 1 aliphatic rings. The molecule has 11 heavy (non-hydrogen) atoms. The average Bonchev–Trinajstić information content (AvgIpc) is 2.13. The fraction of sp³-hybridized carbons (Fsp3) is 0.600. The van der Waals surface area contributed by atoms with E-state index in [1.54, 1.807) is 0 Å². The van der Waals surface area contributed by atoms with E-state index in [4.69, 9.17) is 5.11 Å². The van der Waals surface area contributed by atoms with Gasteiger partial charge >= 0.3 is 0 Å². The molecule has 1 rings (SSSR count). The van der Waals surface area contributed by atoms with E-state index >= 15 is 0 Å². The molecular formula is C10H16O. The van der Waals surface area contributed by atoms with E-state index in [9.17, 15) is 0 Å². The van der Waals surface area contributed by atoms with Crippen LogP contribution in [0.15, 0.2) is 22.8 Å². The molecule has 0 saturated carbocycles. The van der Waals surface area contributed by atoms with Crippen LogP contribution in [0.2, 0.25) is 0 Å². The first kappa shape index (κ1) is 8.54. The van der Waals surface area contributed by atoms with Gasteiger partial charge in [-0.3, -0.25) is 0 Å². The van der Waals surface area contributed by atoms with Gasteiger partial charge in [0.1, 0.15) is 0 Å². The molecule has 1 N–H and O–H groups in total. The predicted octanol–water partition coefficient (Wildman–Crippen LogP) is 2.28. The molecule has 0 saturated heterocycles. The van der Waals surface area contributed by atoms with Crippen LogP contribution in [0, 0.1) is 5.41 Å². The maximum atomic E-state index is 9.04. The minimum absolute atomic E-state index is 0.0822. The van der Waals surface area contributed by atoms with Gasteiger partial charge in [-0.1, -0.05) is 31.1 Å². The Balaban J connectivity index is 3.04. The van der Waals surface area contributed by atoms with Gasteiger partial charge in [0.15, 0.2) is 0 Å². The highest BCUT2D eigenvalue weighted by Gasteiger charge is 2.29. The lowest BCUT2D eigenvalue weighted by Gasteiger charge is -2.23. The fourth-order valence-electron chi connectivity index (χ4n) is 1.53. The Kier molecular flexibility index (Phi) is 1.93. The molecule has 0 radical (unpaired) electrons. The van der Waals surface area contributed by atoms with Crippen molar-refractivity contribution in [3.05, 3.63) is 22.8 Å². The summed E-state index contributed by atoms with van der Waals surface area (Å²) in [6.07, 6.45) is 2.09. The first-order valence-electron chi connectivity index (χ1n) is 4.00. The van der Waals surface area contributed by atoms with Crippen molar-refractivity contribution in [1.29, 1.82) is 0 Å². The van der Waals surface area contributed by atoms with E-state index in [0.29, 0.717) is 0 Å². The van der Waals surface area contributed by atoms with Gasteiger partial charge in [-0.15, -0.1) is 0 Å². The highest BCUT2D eigenvalue weighted by molar-refractivity contribution is 5.44. The Hall–Kier alpha value is -0.560. The van der Waals surface area contributed by atoms with Crippen molar-refractivity contribution < 1.29 is 5.11 Å². The average molecular weight is 152 g/mol. The summed E-state index contributed by atoms with van der Waals surface area (Å²) in [5.41, 5.74) is 3.90. The molecule has 1 nitrogen and oxygen atoms in total. The molecule has 0 aromatic rings. The molecular weight excluding hydrogens is 136 g/mol. The molecule has 1 heteroatoms. The minimum Gasteiger partial charge on any atom is -0.392 e. The highest BCUT2D eigenvalue weighted by atomic mass is 16.3. The minimum atomic E-state index is 0.0822. The van der Waals surface area contributed by atoms with Gasteiger partial charge < -0.3 is 5.11 Å². The lowest BCUT2D eigenvalue weighted by atomic mass is 9.81. The molecule has 62 valence electrons. The number of hydrogen-bond acceptors (Lipinski definition) is 1. The van der Waals surface area contributed by atoms with Gasteiger partial charge in [-0.05, 0) is 19.4 Å². The number of aliphatic hydroxyl groups excluding tert-OH is 1. The van der Waals surface area contributed by atoms with Crippen LogP contribution in [0.5, 0.6) is 0 Å². The Morgan fingerprint density at radius 3 is 2.09 bits per heavy atom. The molecule has 0 unspecified atom stereocenters. The molecule has 1 aliphatic carbocycles. The van der Waals surface area contributed by atoms with Gasteiger partial charge in [0.2, 0.25) is 0 Å². The van der Waals surface area contributed by atoms with E-state index in [0.717, 1.165) is 5.57 Å². The number of hydrogen-bond donors (Lipinski definition) is 1. The van der Waals surface area contributed by atoms with Crippen molar-refractivity contribution >= 4 is 0 Å². The first-order valence-corrected chi connectivity index (χ1v) is 4.00. The molecule has 0 aromatic heterocycles. The van der Waals surface area contributed by atoms with E-state index in [1.807, 2.05) is 0 Å². The maximum Gasteiger partial charge on any atom is 0.0653 e. The van der Waals surface area contributed by atoms with Crippen molar-refractivity contribution in [2.24, 2.45) is 5.41 Å². The van der Waals surface area contributed by atoms with E-state index in [-0.39, 0.29) is 12.0 Å². The summed E-state index contributed by atoms with van der Waals surface area (Å²) in [6, 6.07) is 0.